The van der Waals surface area contributed by atoms with Crippen molar-refractivity contribution in [3.63, 3.8) is 0 Å². The van der Waals surface area contributed by atoms with Crippen molar-refractivity contribution in [2.75, 3.05) is 5.32 Å². The van der Waals surface area contributed by atoms with Crippen LogP contribution in [0.3, 0.4) is 0 Å². The lowest BCUT2D eigenvalue weighted by molar-refractivity contribution is -0.117. The van der Waals surface area contributed by atoms with Crippen molar-refractivity contribution in [3.8, 4) is 0 Å². The average molecular weight is 249 g/mol. The van der Waals surface area contributed by atoms with E-state index in [1.807, 2.05) is 25.1 Å². The maximum Gasteiger partial charge on any atom is 0.241 e. The van der Waals surface area contributed by atoms with Gasteiger partial charge in [-0.25, -0.2) is 4.98 Å². The highest BCUT2D eigenvalue weighted by Crippen LogP contribution is 2.21. The first-order valence-electron chi connectivity index (χ1n) is 5.60. The molecular weight excluding hydrogens is 234 g/mol. The van der Waals surface area contributed by atoms with Gasteiger partial charge >= 0.3 is 0 Å². The number of nitrogens with zero attached hydrogens (tertiary/aromatic N) is 1. The minimum atomic E-state index is -0.433. The summed E-state index contributed by atoms with van der Waals surface area (Å²) in [6.45, 7) is 2.01. The lowest BCUT2D eigenvalue weighted by Gasteiger charge is -2.10. The minimum Gasteiger partial charge on any atom is -0.325 e. The Bertz CT molecular complexity index is 523. The Morgan fingerprint density at radius 1 is 1.59 bits per heavy atom. The van der Waals surface area contributed by atoms with Crippen LogP contribution in [-0.2, 0) is 4.79 Å². The third kappa shape index (κ3) is 2.81. The molecule has 4 nitrogen and oxygen atoms in total. The first kappa shape index (κ1) is 12.0. The summed E-state index contributed by atoms with van der Waals surface area (Å²) in [5.41, 5.74) is 9.26. The highest BCUT2D eigenvalue weighted by molar-refractivity contribution is 7.16. The lowest BCUT2D eigenvalue weighted by Crippen LogP contribution is -2.35. The molecule has 1 amide bonds. The molecule has 0 spiro atoms. The van der Waals surface area contributed by atoms with Gasteiger partial charge in [0.1, 0.15) is 0 Å². The van der Waals surface area contributed by atoms with Gasteiger partial charge in [-0.05, 0) is 24.6 Å². The molecule has 0 bridgehead atoms. The predicted octanol–water partition coefficient (Wildman–Crippen LogP) is 2.36. The molecule has 1 atom stereocenters. The fraction of sp³-hybridized carbons (Fsp3) is 0.333. The molecule has 2 aromatic rings. The molecule has 3 N–H and O–H groups in total. The number of anilines is 1. The first-order valence-corrected chi connectivity index (χ1v) is 6.48. The molecular formula is C12H15N3OS. The summed E-state index contributed by atoms with van der Waals surface area (Å²) in [5, 5.41) is 2.82. The van der Waals surface area contributed by atoms with Crippen LogP contribution in [0.25, 0.3) is 10.2 Å². The Kier molecular flexibility index (Phi) is 3.71. The quantitative estimate of drug-likeness (QED) is 0.874. The van der Waals surface area contributed by atoms with E-state index in [1.165, 1.54) is 0 Å². The van der Waals surface area contributed by atoms with Crippen molar-refractivity contribution in [2.24, 2.45) is 5.73 Å². The predicted molar refractivity (Wildman–Crippen MR) is 71.1 cm³/mol. The van der Waals surface area contributed by atoms with Gasteiger partial charge in [-0.1, -0.05) is 13.3 Å². The fourth-order valence-electron chi connectivity index (χ4n) is 1.61. The number of carbonyl (C=O) groups excluding carboxylic acids is 1. The van der Waals surface area contributed by atoms with E-state index in [4.69, 9.17) is 5.73 Å². The maximum absolute atomic E-state index is 11.7. The second-order valence-corrected chi connectivity index (χ2v) is 4.81. The number of hydrogen-bond donors (Lipinski definition) is 2. The summed E-state index contributed by atoms with van der Waals surface area (Å²) in [6.07, 6.45) is 1.61. The van der Waals surface area contributed by atoms with Crippen LogP contribution in [0.15, 0.2) is 23.7 Å². The summed E-state index contributed by atoms with van der Waals surface area (Å²) in [5.74, 6) is -0.129. The van der Waals surface area contributed by atoms with E-state index in [0.29, 0.717) is 6.42 Å². The van der Waals surface area contributed by atoms with Crippen LogP contribution < -0.4 is 11.1 Å². The third-order valence-corrected chi connectivity index (χ3v) is 3.33. The average Bonchev–Trinajstić information content (AvgIpc) is 2.76. The summed E-state index contributed by atoms with van der Waals surface area (Å²) >= 11 is 1.55. The Morgan fingerprint density at radius 3 is 3.18 bits per heavy atom. The van der Waals surface area contributed by atoms with E-state index in [-0.39, 0.29) is 5.91 Å². The van der Waals surface area contributed by atoms with E-state index in [2.05, 4.69) is 10.3 Å². The van der Waals surface area contributed by atoms with Gasteiger partial charge in [-0.15, -0.1) is 11.3 Å². The highest BCUT2D eigenvalue weighted by Gasteiger charge is 2.12. The molecule has 0 saturated heterocycles. The molecule has 0 radical (unpaired) electrons. The number of fused-ring (bicyclic) bond motifs is 1. The standard InChI is InChI=1S/C12H15N3OS/c1-2-3-9(13)12(16)15-8-4-5-10-11(6-8)17-7-14-10/h4-7,9H,2-3,13H2,1H3,(H,15,16). The largest absolute Gasteiger partial charge is 0.325 e. The van der Waals surface area contributed by atoms with Crippen LogP contribution in [0.2, 0.25) is 0 Å². The van der Waals surface area contributed by atoms with Crippen LogP contribution in [0, 0.1) is 0 Å². The van der Waals surface area contributed by atoms with Crippen molar-refractivity contribution < 1.29 is 4.79 Å². The number of thiazole rings is 1. The Hall–Kier alpha value is -1.46. The zero-order valence-electron chi connectivity index (χ0n) is 9.64. The topological polar surface area (TPSA) is 68.0 Å². The fourth-order valence-corrected chi connectivity index (χ4v) is 2.33. The van der Waals surface area contributed by atoms with Crippen molar-refractivity contribution in [3.05, 3.63) is 23.7 Å². The molecule has 1 aromatic heterocycles. The normalized spacial score (nSPS) is 12.6. The van der Waals surface area contributed by atoms with Crippen LogP contribution in [0.1, 0.15) is 19.8 Å². The molecule has 5 heteroatoms. The van der Waals surface area contributed by atoms with Gasteiger partial charge in [-0.2, -0.15) is 0 Å². The first-order chi connectivity index (χ1) is 8.20. The zero-order chi connectivity index (χ0) is 12.3. The third-order valence-electron chi connectivity index (χ3n) is 2.54. The van der Waals surface area contributed by atoms with Crippen molar-refractivity contribution >= 4 is 33.1 Å². The molecule has 0 aliphatic rings. The van der Waals surface area contributed by atoms with Gasteiger partial charge in [0, 0.05) is 5.69 Å². The molecule has 0 aliphatic heterocycles. The van der Waals surface area contributed by atoms with E-state index in [9.17, 15) is 4.79 Å². The Labute approximate surface area is 104 Å². The van der Waals surface area contributed by atoms with Crippen LogP contribution in [0.5, 0.6) is 0 Å². The van der Waals surface area contributed by atoms with E-state index in [1.54, 1.807) is 16.8 Å². The molecule has 0 aliphatic carbocycles. The lowest BCUT2D eigenvalue weighted by atomic mass is 10.1. The molecule has 2 rings (SSSR count). The van der Waals surface area contributed by atoms with Crippen LogP contribution in [0.4, 0.5) is 5.69 Å². The molecule has 0 saturated carbocycles. The van der Waals surface area contributed by atoms with Gasteiger partial charge in [0.05, 0.1) is 21.8 Å². The van der Waals surface area contributed by atoms with Crippen molar-refractivity contribution in [1.29, 1.82) is 0 Å². The summed E-state index contributed by atoms with van der Waals surface area (Å²) in [4.78, 5) is 15.9. The molecule has 1 unspecified atom stereocenters. The van der Waals surface area contributed by atoms with Gasteiger partial charge in [0.25, 0.3) is 0 Å². The number of nitrogens with one attached hydrogen (secondary N) is 1. The monoisotopic (exact) mass is 249 g/mol. The number of hydrogen-bond acceptors (Lipinski definition) is 4. The molecule has 90 valence electrons. The summed E-state index contributed by atoms with van der Waals surface area (Å²) < 4.78 is 1.06. The molecule has 0 fully saturated rings. The maximum atomic E-state index is 11.7. The number of benzene rings is 1. The number of nitrogens with two attached hydrogens (primary N) is 1. The summed E-state index contributed by atoms with van der Waals surface area (Å²) in [7, 11) is 0. The van der Waals surface area contributed by atoms with Crippen molar-refractivity contribution in [1.82, 2.24) is 4.98 Å². The number of rotatable bonds is 4. The van der Waals surface area contributed by atoms with E-state index < -0.39 is 6.04 Å². The van der Waals surface area contributed by atoms with Gasteiger partial charge in [0.15, 0.2) is 0 Å². The van der Waals surface area contributed by atoms with Crippen molar-refractivity contribution in [2.45, 2.75) is 25.8 Å². The van der Waals surface area contributed by atoms with E-state index >= 15 is 0 Å². The molecule has 1 heterocycles. The second kappa shape index (κ2) is 5.25. The summed E-state index contributed by atoms with van der Waals surface area (Å²) in [6, 6.07) is 5.23. The van der Waals surface area contributed by atoms with Crippen LogP contribution in [-0.4, -0.2) is 16.9 Å². The Balaban J connectivity index is 2.09. The molecule has 17 heavy (non-hydrogen) atoms. The molecule has 1 aromatic carbocycles. The van der Waals surface area contributed by atoms with Crippen LogP contribution >= 0.6 is 11.3 Å². The number of aromatic nitrogens is 1. The smallest absolute Gasteiger partial charge is 0.241 e. The Morgan fingerprint density at radius 2 is 2.41 bits per heavy atom. The van der Waals surface area contributed by atoms with Gasteiger partial charge < -0.3 is 11.1 Å². The number of amides is 1. The SMILES string of the molecule is CCCC(N)C(=O)Nc1ccc2ncsc2c1. The zero-order valence-corrected chi connectivity index (χ0v) is 10.5. The number of carbonyl (C=O) groups is 1. The minimum absolute atomic E-state index is 0.129. The highest BCUT2D eigenvalue weighted by atomic mass is 32.1. The van der Waals surface area contributed by atoms with E-state index in [0.717, 1.165) is 22.3 Å². The second-order valence-electron chi connectivity index (χ2n) is 3.92. The van der Waals surface area contributed by atoms with Gasteiger partial charge in [0.2, 0.25) is 5.91 Å². The van der Waals surface area contributed by atoms with Gasteiger partial charge in [-0.3, -0.25) is 4.79 Å².